The standard InChI is InChI=1S/C25H21NO6/c1-30-21-12-6-18(7-13-21)24(19-8-14-22(31-2)15-9-19)4-3-5-25(27)32-23-16-10-20(11-17-23)26(28)29/h3-17H,1-2H3. The quantitative estimate of drug-likeness (QED) is 0.122. The number of benzene rings is 3. The first kappa shape index (κ1) is 22.3. The van der Waals surface area contributed by atoms with E-state index in [2.05, 4.69) is 0 Å². The summed E-state index contributed by atoms with van der Waals surface area (Å²) in [5.74, 6) is 1.11. The fraction of sp³-hybridized carbons (Fsp3) is 0.0800. The van der Waals surface area contributed by atoms with Crippen molar-refractivity contribution in [1.82, 2.24) is 0 Å². The topological polar surface area (TPSA) is 87.9 Å². The molecule has 7 heteroatoms. The number of nitrogens with zero attached hydrogens (tertiary/aromatic N) is 1. The van der Waals surface area contributed by atoms with Gasteiger partial charge in [0.2, 0.25) is 0 Å². The summed E-state index contributed by atoms with van der Waals surface area (Å²) in [6.45, 7) is 0. The molecule has 0 heterocycles. The van der Waals surface area contributed by atoms with E-state index in [1.165, 1.54) is 30.3 Å². The molecule has 0 aliphatic rings. The van der Waals surface area contributed by atoms with Gasteiger partial charge in [0.15, 0.2) is 0 Å². The van der Waals surface area contributed by atoms with E-state index in [4.69, 9.17) is 14.2 Å². The molecule has 0 radical (unpaired) electrons. The van der Waals surface area contributed by atoms with E-state index < -0.39 is 10.9 Å². The van der Waals surface area contributed by atoms with Gasteiger partial charge in [0.1, 0.15) is 17.2 Å². The van der Waals surface area contributed by atoms with Crippen molar-refractivity contribution in [3.8, 4) is 17.2 Å². The number of ether oxygens (including phenoxy) is 3. The molecule has 7 nitrogen and oxygen atoms in total. The van der Waals surface area contributed by atoms with Crippen molar-refractivity contribution in [3.05, 3.63) is 112 Å². The van der Waals surface area contributed by atoms with Crippen LogP contribution in [0, 0.1) is 10.1 Å². The summed E-state index contributed by atoms with van der Waals surface area (Å²) in [4.78, 5) is 22.3. The molecule has 0 aliphatic carbocycles. The Morgan fingerprint density at radius 2 is 1.25 bits per heavy atom. The van der Waals surface area contributed by atoms with Gasteiger partial charge in [0, 0.05) is 18.2 Å². The summed E-state index contributed by atoms with van der Waals surface area (Å²) >= 11 is 0. The molecule has 0 spiro atoms. The van der Waals surface area contributed by atoms with Crippen molar-refractivity contribution in [3.63, 3.8) is 0 Å². The van der Waals surface area contributed by atoms with E-state index in [1.54, 1.807) is 26.4 Å². The average Bonchev–Trinajstić information content (AvgIpc) is 2.82. The molecule has 0 unspecified atom stereocenters. The SMILES string of the molecule is COc1ccc(C(=CC=CC(=O)Oc2ccc([N+](=O)[O-])cc2)c2ccc(OC)cc2)cc1. The molecule has 0 saturated heterocycles. The summed E-state index contributed by atoms with van der Waals surface area (Å²) in [6, 6.07) is 20.5. The molecule has 0 fully saturated rings. The average molecular weight is 431 g/mol. The number of esters is 1. The van der Waals surface area contributed by atoms with Crippen molar-refractivity contribution >= 4 is 17.2 Å². The normalized spacial score (nSPS) is 10.4. The number of carbonyl (C=O) groups is 1. The Morgan fingerprint density at radius 3 is 1.69 bits per heavy atom. The molecular weight excluding hydrogens is 410 g/mol. The third kappa shape index (κ3) is 5.82. The predicted molar refractivity (Wildman–Crippen MR) is 121 cm³/mol. The van der Waals surface area contributed by atoms with Gasteiger partial charge in [-0.15, -0.1) is 0 Å². The van der Waals surface area contributed by atoms with Crippen LogP contribution in [-0.2, 0) is 4.79 Å². The summed E-state index contributed by atoms with van der Waals surface area (Å²) in [6.07, 6.45) is 4.69. The van der Waals surface area contributed by atoms with Gasteiger partial charge in [0.05, 0.1) is 19.1 Å². The first-order valence-electron chi connectivity index (χ1n) is 9.63. The minimum atomic E-state index is -0.598. The molecule has 3 rings (SSSR count). The summed E-state index contributed by atoms with van der Waals surface area (Å²) in [5.41, 5.74) is 2.68. The van der Waals surface area contributed by atoms with Crippen LogP contribution in [0.3, 0.4) is 0 Å². The fourth-order valence-electron chi connectivity index (χ4n) is 2.91. The van der Waals surface area contributed by atoms with Gasteiger partial charge in [-0.3, -0.25) is 10.1 Å². The first-order valence-corrected chi connectivity index (χ1v) is 9.63. The van der Waals surface area contributed by atoms with E-state index in [9.17, 15) is 14.9 Å². The Balaban J connectivity index is 1.81. The van der Waals surface area contributed by atoms with Crippen LogP contribution < -0.4 is 14.2 Å². The maximum absolute atomic E-state index is 12.1. The van der Waals surface area contributed by atoms with Gasteiger partial charge in [-0.25, -0.2) is 4.79 Å². The van der Waals surface area contributed by atoms with Crippen LogP contribution in [0.5, 0.6) is 17.2 Å². The Bertz CT molecular complexity index is 1080. The molecule has 32 heavy (non-hydrogen) atoms. The Labute approximate surface area is 185 Å². The zero-order valence-electron chi connectivity index (χ0n) is 17.6. The number of nitro groups is 1. The largest absolute Gasteiger partial charge is 0.497 e. The molecule has 0 saturated carbocycles. The van der Waals surface area contributed by atoms with Crippen molar-refractivity contribution in [2.24, 2.45) is 0 Å². The Kier molecular flexibility index (Phi) is 7.37. The second kappa shape index (κ2) is 10.6. The maximum Gasteiger partial charge on any atom is 0.336 e. The number of allylic oxidation sites excluding steroid dienone is 2. The molecule has 3 aromatic rings. The lowest BCUT2D eigenvalue weighted by Crippen LogP contribution is -2.03. The molecule has 3 aromatic carbocycles. The van der Waals surface area contributed by atoms with Crippen LogP contribution in [0.1, 0.15) is 11.1 Å². The molecule has 0 aliphatic heterocycles. The van der Waals surface area contributed by atoms with Crippen molar-refractivity contribution in [2.75, 3.05) is 14.2 Å². The highest BCUT2D eigenvalue weighted by atomic mass is 16.6. The second-order valence-electron chi connectivity index (χ2n) is 6.57. The number of rotatable bonds is 8. The highest BCUT2D eigenvalue weighted by Crippen LogP contribution is 2.27. The number of hydrogen-bond donors (Lipinski definition) is 0. The fourth-order valence-corrected chi connectivity index (χ4v) is 2.91. The lowest BCUT2D eigenvalue weighted by Gasteiger charge is -2.10. The Hall–Kier alpha value is -4.39. The molecular formula is C25H21NO6. The smallest absolute Gasteiger partial charge is 0.336 e. The van der Waals surface area contributed by atoms with Crippen LogP contribution in [0.25, 0.3) is 5.57 Å². The molecule has 0 N–H and O–H groups in total. The van der Waals surface area contributed by atoms with Crippen molar-refractivity contribution < 1.29 is 23.9 Å². The van der Waals surface area contributed by atoms with Crippen LogP contribution in [-0.4, -0.2) is 25.1 Å². The maximum atomic E-state index is 12.1. The number of methoxy groups -OCH3 is 2. The Morgan fingerprint density at radius 1 is 0.781 bits per heavy atom. The number of hydrogen-bond acceptors (Lipinski definition) is 6. The van der Waals surface area contributed by atoms with E-state index in [0.29, 0.717) is 0 Å². The minimum absolute atomic E-state index is 0.0769. The lowest BCUT2D eigenvalue weighted by atomic mass is 9.97. The van der Waals surface area contributed by atoms with Gasteiger partial charge in [-0.1, -0.05) is 36.4 Å². The van der Waals surface area contributed by atoms with Crippen LogP contribution >= 0.6 is 0 Å². The van der Waals surface area contributed by atoms with Crippen LogP contribution in [0.15, 0.2) is 91.0 Å². The predicted octanol–water partition coefficient (Wildman–Crippen LogP) is 5.21. The summed E-state index contributed by atoms with van der Waals surface area (Å²) in [5, 5.41) is 10.7. The van der Waals surface area contributed by atoms with Gasteiger partial charge < -0.3 is 14.2 Å². The third-order valence-corrected chi connectivity index (χ3v) is 4.56. The molecule has 0 aromatic heterocycles. The molecule has 0 atom stereocenters. The zero-order chi connectivity index (χ0) is 22.9. The van der Waals surface area contributed by atoms with Gasteiger partial charge in [-0.05, 0) is 53.1 Å². The van der Waals surface area contributed by atoms with Crippen LogP contribution in [0.4, 0.5) is 5.69 Å². The third-order valence-electron chi connectivity index (χ3n) is 4.56. The zero-order valence-corrected chi connectivity index (χ0v) is 17.6. The number of non-ortho nitro benzene ring substituents is 1. The van der Waals surface area contributed by atoms with E-state index in [-0.39, 0.29) is 11.4 Å². The van der Waals surface area contributed by atoms with Crippen LogP contribution in [0.2, 0.25) is 0 Å². The van der Waals surface area contributed by atoms with Gasteiger partial charge in [0.25, 0.3) is 5.69 Å². The van der Waals surface area contributed by atoms with E-state index in [0.717, 1.165) is 28.2 Å². The first-order chi connectivity index (χ1) is 15.5. The molecule has 0 amide bonds. The highest BCUT2D eigenvalue weighted by Gasteiger charge is 2.08. The number of nitro benzene ring substituents is 1. The van der Waals surface area contributed by atoms with Crippen molar-refractivity contribution in [1.29, 1.82) is 0 Å². The number of carbonyl (C=O) groups excluding carboxylic acids is 1. The van der Waals surface area contributed by atoms with Gasteiger partial charge >= 0.3 is 5.97 Å². The minimum Gasteiger partial charge on any atom is -0.497 e. The summed E-state index contributed by atoms with van der Waals surface area (Å²) < 4.78 is 15.6. The summed E-state index contributed by atoms with van der Waals surface area (Å²) in [7, 11) is 3.21. The van der Waals surface area contributed by atoms with Gasteiger partial charge in [-0.2, -0.15) is 0 Å². The molecule has 162 valence electrons. The highest BCUT2D eigenvalue weighted by molar-refractivity contribution is 5.86. The van der Waals surface area contributed by atoms with E-state index >= 15 is 0 Å². The molecule has 0 bridgehead atoms. The van der Waals surface area contributed by atoms with Crippen molar-refractivity contribution in [2.45, 2.75) is 0 Å². The lowest BCUT2D eigenvalue weighted by molar-refractivity contribution is -0.384. The monoisotopic (exact) mass is 431 g/mol. The van der Waals surface area contributed by atoms with E-state index in [1.807, 2.05) is 48.5 Å². The second-order valence-corrected chi connectivity index (χ2v) is 6.57.